The van der Waals surface area contributed by atoms with Crippen LogP contribution in [0, 0.1) is 7.14 Å². The highest BCUT2D eigenvalue weighted by Gasteiger charge is 2.14. The summed E-state index contributed by atoms with van der Waals surface area (Å²) in [6.45, 7) is 0. The molecule has 0 aliphatic carbocycles. The van der Waals surface area contributed by atoms with Gasteiger partial charge in [-0.3, -0.25) is 4.79 Å². The number of benzene rings is 2. The second kappa shape index (κ2) is 8.52. The van der Waals surface area contributed by atoms with Crippen molar-refractivity contribution in [3.05, 3.63) is 67.3 Å². The summed E-state index contributed by atoms with van der Waals surface area (Å²) in [6.07, 6.45) is 0.812. The van der Waals surface area contributed by atoms with Gasteiger partial charge in [0.25, 0.3) is 0 Å². The molecule has 0 atom stereocenters. The van der Waals surface area contributed by atoms with E-state index in [-0.39, 0.29) is 51.6 Å². The number of halogens is 2. The van der Waals surface area contributed by atoms with Gasteiger partial charge in [-0.25, -0.2) is 0 Å². The molecule has 0 unspecified atom stereocenters. The van der Waals surface area contributed by atoms with E-state index in [4.69, 9.17) is 5.11 Å². The number of aliphatic carboxylic acids is 1. The molecule has 2 nitrogen and oxygen atoms in total. The topological polar surface area (TPSA) is 37.3 Å². The molecule has 0 heterocycles. The van der Waals surface area contributed by atoms with Crippen LogP contribution in [0.25, 0.3) is 0 Å². The molecule has 4 heteroatoms. The Hall–Kier alpha value is -0.630. The SMILES string of the molecule is I.O=C(O)CCc1ccc([I+]c2ccccc2)cc1. The van der Waals surface area contributed by atoms with E-state index in [1.807, 2.05) is 18.2 Å². The van der Waals surface area contributed by atoms with Crippen molar-refractivity contribution in [1.82, 2.24) is 0 Å². The Morgan fingerprint density at radius 3 is 2.11 bits per heavy atom. The van der Waals surface area contributed by atoms with Gasteiger partial charge in [0.15, 0.2) is 7.14 Å². The highest BCUT2D eigenvalue weighted by Crippen LogP contribution is 2.02. The second-order valence-electron chi connectivity index (χ2n) is 3.91. The molecule has 2 aromatic carbocycles. The molecule has 0 aromatic heterocycles. The van der Waals surface area contributed by atoms with Crippen molar-refractivity contribution in [2.45, 2.75) is 12.8 Å². The van der Waals surface area contributed by atoms with Crippen LogP contribution in [0.1, 0.15) is 12.0 Å². The van der Waals surface area contributed by atoms with Gasteiger partial charge in [0.2, 0.25) is 0 Å². The molecule has 0 aliphatic heterocycles. The van der Waals surface area contributed by atoms with Crippen LogP contribution < -0.4 is 21.2 Å². The van der Waals surface area contributed by atoms with Crippen molar-refractivity contribution < 1.29 is 31.1 Å². The number of carbonyl (C=O) groups is 1. The molecule has 0 bridgehead atoms. The van der Waals surface area contributed by atoms with Gasteiger partial charge < -0.3 is 5.11 Å². The highest BCUT2D eigenvalue weighted by molar-refractivity contribution is 14.0. The lowest BCUT2D eigenvalue weighted by atomic mass is 10.1. The standard InChI is InChI=1S/C15H13IO2.HI/c17-15(18)11-8-12-6-9-14(10-7-12)16-13-4-2-1-3-5-13;/h1-7,9-10H,8,11H2;1H/p+1. The molecule has 100 valence electrons. The Bertz CT molecular complexity index is 509. The molecule has 0 aliphatic rings. The normalized spacial score (nSPS) is 9.68. The van der Waals surface area contributed by atoms with Crippen LogP contribution in [0.2, 0.25) is 0 Å². The smallest absolute Gasteiger partial charge is 0.357 e. The summed E-state index contributed by atoms with van der Waals surface area (Å²) in [6, 6.07) is 18.8. The Labute approximate surface area is 140 Å². The molecule has 19 heavy (non-hydrogen) atoms. The van der Waals surface area contributed by atoms with E-state index >= 15 is 0 Å². The summed E-state index contributed by atoms with van der Waals surface area (Å²) in [5, 5.41) is 8.63. The first-order valence-corrected chi connectivity index (χ1v) is 7.90. The van der Waals surface area contributed by atoms with E-state index in [2.05, 4.69) is 36.4 Å². The van der Waals surface area contributed by atoms with E-state index in [1.165, 1.54) is 7.14 Å². The lowest BCUT2D eigenvalue weighted by molar-refractivity contribution is -0.597. The third-order valence-corrected chi connectivity index (χ3v) is 5.18. The molecule has 0 amide bonds. The summed E-state index contributed by atoms with van der Waals surface area (Å²) in [7, 11) is 0. The van der Waals surface area contributed by atoms with E-state index in [9.17, 15) is 4.79 Å². The number of rotatable bonds is 5. The largest absolute Gasteiger partial charge is 0.481 e. The van der Waals surface area contributed by atoms with Gasteiger partial charge in [0, 0.05) is 6.42 Å². The quantitative estimate of drug-likeness (QED) is 0.631. The Morgan fingerprint density at radius 2 is 1.53 bits per heavy atom. The second-order valence-corrected chi connectivity index (χ2v) is 6.94. The lowest BCUT2D eigenvalue weighted by Gasteiger charge is -1.96. The van der Waals surface area contributed by atoms with Crippen LogP contribution in [0.5, 0.6) is 0 Å². The number of carboxylic acid groups (broad SMARTS) is 1. The van der Waals surface area contributed by atoms with Crippen molar-refractivity contribution >= 4 is 29.9 Å². The number of hydrogen-bond donors (Lipinski definition) is 1. The van der Waals surface area contributed by atoms with Crippen molar-refractivity contribution in [3.63, 3.8) is 0 Å². The van der Waals surface area contributed by atoms with Crippen molar-refractivity contribution in [1.29, 1.82) is 0 Å². The van der Waals surface area contributed by atoms with E-state index in [1.54, 1.807) is 0 Å². The van der Waals surface area contributed by atoms with Crippen LogP contribution in [-0.4, -0.2) is 11.1 Å². The monoisotopic (exact) mass is 481 g/mol. The summed E-state index contributed by atoms with van der Waals surface area (Å²) >= 11 is -0.123. The molecular weight excluding hydrogens is 466 g/mol. The van der Waals surface area contributed by atoms with Crippen molar-refractivity contribution in [2.75, 3.05) is 0 Å². The summed E-state index contributed by atoms with van der Waals surface area (Å²) < 4.78 is 2.76. The molecule has 2 aromatic rings. The highest BCUT2D eigenvalue weighted by atomic mass is 127. The van der Waals surface area contributed by atoms with Crippen molar-refractivity contribution in [3.8, 4) is 0 Å². The predicted octanol–water partition coefficient (Wildman–Crippen LogP) is 0.450. The molecule has 1 N–H and O–H groups in total. The molecule has 0 spiro atoms. The minimum absolute atomic E-state index is 0. The Kier molecular flexibility index (Phi) is 7.37. The minimum Gasteiger partial charge on any atom is -0.481 e. The molecule has 0 fully saturated rings. The number of aryl methyl sites for hydroxylation is 1. The Balaban J connectivity index is 0.00000180. The maximum atomic E-state index is 10.5. The minimum atomic E-state index is -0.740. The van der Waals surface area contributed by atoms with E-state index < -0.39 is 5.97 Å². The van der Waals surface area contributed by atoms with Crippen LogP contribution in [0.4, 0.5) is 0 Å². The van der Waals surface area contributed by atoms with Gasteiger partial charge in [0.05, 0.1) is 0 Å². The Morgan fingerprint density at radius 1 is 0.947 bits per heavy atom. The summed E-state index contributed by atoms with van der Waals surface area (Å²) in [5.41, 5.74) is 1.10. The zero-order valence-corrected chi connectivity index (χ0v) is 14.7. The first kappa shape index (κ1) is 16.4. The van der Waals surface area contributed by atoms with Crippen LogP contribution in [0.3, 0.4) is 0 Å². The van der Waals surface area contributed by atoms with Crippen LogP contribution >= 0.6 is 24.0 Å². The summed E-state index contributed by atoms with van der Waals surface area (Å²) in [4.78, 5) is 10.5. The molecule has 2 rings (SSSR count). The number of hydrogen-bond acceptors (Lipinski definition) is 1. The van der Waals surface area contributed by atoms with Crippen LogP contribution in [0.15, 0.2) is 54.6 Å². The van der Waals surface area contributed by atoms with Gasteiger partial charge in [-0.1, -0.05) is 30.3 Å². The first-order valence-electron chi connectivity index (χ1n) is 5.74. The fourth-order valence-electron chi connectivity index (χ4n) is 1.57. The first-order chi connectivity index (χ1) is 8.74. The van der Waals surface area contributed by atoms with Gasteiger partial charge in [-0.05, 0) is 36.2 Å². The molecule has 0 radical (unpaired) electrons. The average Bonchev–Trinajstić information content (AvgIpc) is 2.39. The zero-order valence-electron chi connectivity index (χ0n) is 10.3. The van der Waals surface area contributed by atoms with Gasteiger partial charge >= 0.3 is 27.2 Å². The molecule has 0 saturated carbocycles. The van der Waals surface area contributed by atoms with E-state index in [0.29, 0.717) is 6.42 Å². The fourth-order valence-corrected chi connectivity index (χ4v) is 3.78. The summed E-state index contributed by atoms with van der Waals surface area (Å²) in [5.74, 6) is -0.740. The maximum absolute atomic E-state index is 10.5. The molecule has 0 saturated heterocycles. The molecular formula is C15H15I2O2+. The van der Waals surface area contributed by atoms with Gasteiger partial charge in [0.1, 0.15) is 0 Å². The van der Waals surface area contributed by atoms with Crippen molar-refractivity contribution in [2.24, 2.45) is 0 Å². The van der Waals surface area contributed by atoms with Crippen LogP contribution in [-0.2, 0) is 11.2 Å². The van der Waals surface area contributed by atoms with Gasteiger partial charge in [-0.2, -0.15) is 0 Å². The zero-order chi connectivity index (χ0) is 12.8. The van der Waals surface area contributed by atoms with E-state index in [0.717, 1.165) is 5.56 Å². The third kappa shape index (κ3) is 5.90. The average molecular weight is 481 g/mol. The number of carboxylic acids is 1. The third-order valence-electron chi connectivity index (χ3n) is 2.49. The fraction of sp³-hybridized carbons (Fsp3) is 0.133. The predicted molar refractivity (Wildman–Crippen MR) is 81.6 cm³/mol. The maximum Gasteiger partial charge on any atom is 0.357 e. The lowest BCUT2D eigenvalue weighted by Crippen LogP contribution is -3.61. The van der Waals surface area contributed by atoms with Gasteiger partial charge in [-0.15, -0.1) is 24.0 Å².